The van der Waals surface area contributed by atoms with Gasteiger partial charge in [0.05, 0.1) is 18.3 Å². The van der Waals surface area contributed by atoms with Gasteiger partial charge >= 0.3 is 7.12 Å². The molecule has 0 aliphatic rings. The Bertz CT molecular complexity index is 709. The first kappa shape index (κ1) is 12.0. The zero-order chi connectivity index (χ0) is 13.2. The first-order valence-electron chi connectivity index (χ1n) is 6.10. The van der Waals surface area contributed by atoms with Crippen molar-refractivity contribution in [3.8, 4) is 0 Å². The lowest BCUT2D eigenvalue weighted by atomic mass is 9.77. The number of aromatic nitrogens is 2. The van der Waals surface area contributed by atoms with E-state index in [-0.39, 0.29) is 0 Å². The molecule has 94 valence electrons. The summed E-state index contributed by atoms with van der Waals surface area (Å²) in [5.41, 5.74) is 2.40. The van der Waals surface area contributed by atoms with E-state index in [4.69, 9.17) is 0 Å². The molecular weight excluding hydrogens is 239 g/mol. The molecular formula is C14H13BN2O2. The normalized spacial score (nSPS) is 10.8. The molecule has 0 radical (unpaired) electrons. The zero-order valence-corrected chi connectivity index (χ0v) is 10.3. The fraction of sp³-hybridized carbons (Fsp3) is 0.0714. The van der Waals surface area contributed by atoms with Crippen LogP contribution in [0.5, 0.6) is 0 Å². The summed E-state index contributed by atoms with van der Waals surface area (Å²) in [5.74, 6) is 0. The SMILES string of the molecule is OB(O)c1ccccc1Cn1ncc2ccccc21. The number of benzene rings is 2. The molecule has 0 spiro atoms. The lowest BCUT2D eigenvalue weighted by molar-refractivity contribution is 0.425. The highest BCUT2D eigenvalue weighted by atomic mass is 16.4. The molecule has 0 atom stereocenters. The minimum atomic E-state index is -1.46. The van der Waals surface area contributed by atoms with Gasteiger partial charge in [-0.1, -0.05) is 42.5 Å². The summed E-state index contributed by atoms with van der Waals surface area (Å²) in [6, 6.07) is 15.2. The Hall–Kier alpha value is -2.11. The number of hydrogen-bond acceptors (Lipinski definition) is 3. The maximum absolute atomic E-state index is 9.37. The van der Waals surface area contributed by atoms with Crippen molar-refractivity contribution in [3.63, 3.8) is 0 Å². The Morgan fingerprint density at radius 2 is 1.74 bits per heavy atom. The molecule has 0 amide bonds. The highest BCUT2D eigenvalue weighted by Crippen LogP contribution is 2.14. The van der Waals surface area contributed by atoms with E-state index in [1.165, 1.54) is 0 Å². The van der Waals surface area contributed by atoms with E-state index in [0.29, 0.717) is 12.0 Å². The third-order valence-electron chi connectivity index (χ3n) is 3.20. The van der Waals surface area contributed by atoms with Crippen molar-refractivity contribution < 1.29 is 10.0 Å². The molecule has 1 heterocycles. The summed E-state index contributed by atoms with van der Waals surface area (Å²) in [7, 11) is -1.46. The average Bonchev–Trinajstić information content (AvgIpc) is 2.83. The number of nitrogens with zero attached hydrogens (tertiary/aromatic N) is 2. The summed E-state index contributed by atoms with van der Waals surface area (Å²) in [4.78, 5) is 0. The largest absolute Gasteiger partial charge is 0.488 e. The minimum Gasteiger partial charge on any atom is -0.423 e. The van der Waals surface area contributed by atoms with Crippen LogP contribution in [0.3, 0.4) is 0 Å². The Balaban J connectivity index is 2.02. The van der Waals surface area contributed by atoms with Gasteiger partial charge in [-0.15, -0.1) is 0 Å². The van der Waals surface area contributed by atoms with E-state index < -0.39 is 7.12 Å². The molecule has 3 rings (SSSR count). The van der Waals surface area contributed by atoms with Crippen molar-refractivity contribution >= 4 is 23.5 Å². The van der Waals surface area contributed by atoms with E-state index in [0.717, 1.165) is 16.5 Å². The van der Waals surface area contributed by atoms with E-state index in [1.807, 2.05) is 47.3 Å². The topological polar surface area (TPSA) is 58.3 Å². The van der Waals surface area contributed by atoms with E-state index in [1.54, 1.807) is 12.1 Å². The monoisotopic (exact) mass is 252 g/mol. The van der Waals surface area contributed by atoms with Gasteiger partial charge in [0, 0.05) is 5.39 Å². The molecule has 3 aromatic rings. The highest BCUT2D eigenvalue weighted by Gasteiger charge is 2.15. The third-order valence-corrected chi connectivity index (χ3v) is 3.20. The van der Waals surface area contributed by atoms with Crippen molar-refractivity contribution in [2.24, 2.45) is 0 Å². The summed E-state index contributed by atoms with van der Waals surface area (Å²) >= 11 is 0. The highest BCUT2D eigenvalue weighted by molar-refractivity contribution is 6.59. The molecule has 0 bridgehead atoms. The van der Waals surface area contributed by atoms with Gasteiger partial charge in [-0.25, -0.2) is 0 Å². The quantitative estimate of drug-likeness (QED) is 0.677. The molecule has 0 aliphatic carbocycles. The van der Waals surface area contributed by atoms with Crippen LogP contribution in [0.1, 0.15) is 5.56 Å². The smallest absolute Gasteiger partial charge is 0.423 e. The molecule has 5 heteroatoms. The van der Waals surface area contributed by atoms with Gasteiger partial charge < -0.3 is 10.0 Å². The summed E-state index contributed by atoms with van der Waals surface area (Å²) in [6.45, 7) is 0.515. The second kappa shape index (κ2) is 4.88. The molecule has 0 saturated carbocycles. The molecule has 2 N–H and O–H groups in total. The van der Waals surface area contributed by atoms with Gasteiger partial charge in [0.15, 0.2) is 0 Å². The van der Waals surface area contributed by atoms with Crippen LogP contribution in [0, 0.1) is 0 Å². The van der Waals surface area contributed by atoms with Crippen LogP contribution in [-0.2, 0) is 6.54 Å². The van der Waals surface area contributed by atoms with Gasteiger partial charge in [-0.05, 0) is 17.1 Å². The van der Waals surface area contributed by atoms with Crippen LogP contribution >= 0.6 is 0 Å². The fourth-order valence-corrected chi connectivity index (χ4v) is 2.24. The summed E-state index contributed by atoms with van der Waals surface area (Å²) < 4.78 is 1.86. The van der Waals surface area contributed by atoms with Gasteiger partial charge in [-0.3, -0.25) is 4.68 Å². The van der Waals surface area contributed by atoms with Crippen LogP contribution in [-0.4, -0.2) is 26.9 Å². The lowest BCUT2D eigenvalue weighted by Crippen LogP contribution is -2.33. The van der Waals surface area contributed by atoms with E-state index >= 15 is 0 Å². The van der Waals surface area contributed by atoms with Gasteiger partial charge in [0.2, 0.25) is 0 Å². The molecule has 1 aromatic heterocycles. The van der Waals surface area contributed by atoms with Crippen molar-refractivity contribution in [1.82, 2.24) is 9.78 Å². The van der Waals surface area contributed by atoms with Crippen LogP contribution in [0.4, 0.5) is 0 Å². The van der Waals surface area contributed by atoms with Crippen LogP contribution in [0.25, 0.3) is 10.9 Å². The summed E-state index contributed by atoms with van der Waals surface area (Å²) in [6.07, 6.45) is 1.81. The van der Waals surface area contributed by atoms with Crippen LogP contribution in [0.15, 0.2) is 54.7 Å². The number of rotatable bonds is 3. The first-order chi connectivity index (χ1) is 9.25. The van der Waals surface area contributed by atoms with Crippen molar-refractivity contribution in [2.45, 2.75) is 6.54 Å². The molecule has 2 aromatic carbocycles. The van der Waals surface area contributed by atoms with Gasteiger partial charge in [0.1, 0.15) is 0 Å². The molecule has 4 nitrogen and oxygen atoms in total. The molecule has 0 unspecified atom stereocenters. The number of fused-ring (bicyclic) bond motifs is 1. The second-order valence-corrected chi connectivity index (χ2v) is 4.43. The van der Waals surface area contributed by atoms with Gasteiger partial charge in [0.25, 0.3) is 0 Å². The first-order valence-corrected chi connectivity index (χ1v) is 6.10. The lowest BCUT2D eigenvalue weighted by Gasteiger charge is -2.09. The number of para-hydroxylation sites is 1. The van der Waals surface area contributed by atoms with Crippen molar-refractivity contribution in [3.05, 3.63) is 60.3 Å². The van der Waals surface area contributed by atoms with E-state index in [2.05, 4.69) is 5.10 Å². The van der Waals surface area contributed by atoms with E-state index in [9.17, 15) is 10.0 Å². The minimum absolute atomic E-state index is 0.515. The standard InChI is InChI=1S/C14H13BN2O2/c18-15(19)13-7-3-1-6-12(13)10-17-14-8-4-2-5-11(14)9-16-17/h1-9,18-19H,10H2. The van der Waals surface area contributed by atoms with Crippen LogP contribution < -0.4 is 5.46 Å². The maximum atomic E-state index is 9.37. The predicted molar refractivity (Wildman–Crippen MR) is 75.1 cm³/mol. The second-order valence-electron chi connectivity index (χ2n) is 4.43. The van der Waals surface area contributed by atoms with Crippen molar-refractivity contribution in [2.75, 3.05) is 0 Å². The predicted octanol–water partition coefficient (Wildman–Crippen LogP) is 0.764. The Morgan fingerprint density at radius 1 is 1.00 bits per heavy atom. The maximum Gasteiger partial charge on any atom is 0.488 e. The Kier molecular flexibility index (Phi) is 3.07. The number of hydrogen-bond donors (Lipinski definition) is 2. The van der Waals surface area contributed by atoms with Gasteiger partial charge in [-0.2, -0.15) is 5.10 Å². The Morgan fingerprint density at radius 3 is 2.58 bits per heavy atom. The third kappa shape index (κ3) is 2.25. The van der Waals surface area contributed by atoms with Crippen LogP contribution in [0.2, 0.25) is 0 Å². The molecule has 0 saturated heterocycles. The Labute approximate surface area is 111 Å². The molecule has 0 fully saturated rings. The summed E-state index contributed by atoms with van der Waals surface area (Å²) in [5, 5.41) is 24.2. The molecule has 0 aliphatic heterocycles. The fourth-order valence-electron chi connectivity index (χ4n) is 2.24. The average molecular weight is 252 g/mol. The zero-order valence-electron chi connectivity index (χ0n) is 10.3. The van der Waals surface area contributed by atoms with Crippen molar-refractivity contribution in [1.29, 1.82) is 0 Å². The molecule has 19 heavy (non-hydrogen) atoms.